The van der Waals surface area contributed by atoms with Crippen molar-refractivity contribution in [1.29, 1.82) is 0 Å². The summed E-state index contributed by atoms with van der Waals surface area (Å²) in [6.45, 7) is 3.75. The number of aliphatic hydroxyl groups is 2. The first-order valence-electron chi connectivity index (χ1n) is 9.18. The molecule has 3 N–H and O–H groups in total. The molecule has 1 aliphatic carbocycles. The molecule has 0 bridgehead atoms. The summed E-state index contributed by atoms with van der Waals surface area (Å²) in [5.74, 6) is 1.25. The van der Waals surface area contributed by atoms with Crippen molar-refractivity contribution in [3.8, 4) is 11.5 Å². The Labute approximate surface area is 162 Å². The first-order valence-corrected chi connectivity index (χ1v) is 9.18. The summed E-state index contributed by atoms with van der Waals surface area (Å²) in [7, 11) is 1.62. The molecular formula is C22H23NO5. The number of carbonyl (C=O) groups is 1. The zero-order chi connectivity index (χ0) is 20.1. The van der Waals surface area contributed by atoms with Gasteiger partial charge in [-0.25, -0.2) is 0 Å². The minimum Gasteiger partial charge on any atom is -0.497 e. The molecule has 1 unspecified atom stereocenters. The van der Waals surface area contributed by atoms with E-state index in [4.69, 9.17) is 14.6 Å². The van der Waals surface area contributed by atoms with Gasteiger partial charge in [0.1, 0.15) is 24.2 Å². The lowest BCUT2D eigenvalue weighted by Crippen LogP contribution is -2.30. The first kappa shape index (κ1) is 18.5. The Bertz CT molecular complexity index is 1070. The molecule has 0 radical (unpaired) electrons. The number of hydrogen-bond acceptors (Lipinski definition) is 5. The van der Waals surface area contributed by atoms with E-state index in [2.05, 4.69) is 18.8 Å². The zero-order valence-corrected chi connectivity index (χ0v) is 16.1. The Morgan fingerprint density at radius 2 is 1.89 bits per heavy atom. The minimum absolute atomic E-state index is 0.0128. The highest BCUT2D eigenvalue weighted by Crippen LogP contribution is 2.45. The van der Waals surface area contributed by atoms with Crippen molar-refractivity contribution in [3.63, 3.8) is 0 Å². The van der Waals surface area contributed by atoms with Crippen molar-refractivity contribution in [2.24, 2.45) is 0 Å². The van der Waals surface area contributed by atoms with Crippen LogP contribution in [0.25, 0.3) is 10.9 Å². The summed E-state index contributed by atoms with van der Waals surface area (Å²) in [4.78, 5) is 16.7. The van der Waals surface area contributed by atoms with Gasteiger partial charge < -0.3 is 24.7 Å². The number of aromatic amines is 1. The average Bonchev–Trinajstić information content (AvgIpc) is 3.10. The normalized spacial score (nSPS) is 15.8. The number of aromatic nitrogens is 1. The fraction of sp³-hybridized carbons (Fsp3) is 0.318. The Morgan fingerprint density at radius 1 is 1.14 bits per heavy atom. The fourth-order valence-electron chi connectivity index (χ4n) is 3.85. The van der Waals surface area contributed by atoms with E-state index in [1.165, 1.54) is 0 Å². The van der Waals surface area contributed by atoms with Gasteiger partial charge in [-0.05, 0) is 35.9 Å². The molecule has 0 saturated carbocycles. The Hall–Kier alpha value is -2.83. The highest BCUT2D eigenvalue weighted by atomic mass is 16.5. The molecule has 1 atom stereocenters. The van der Waals surface area contributed by atoms with Gasteiger partial charge in [0.05, 0.1) is 24.8 Å². The van der Waals surface area contributed by atoms with Crippen LogP contribution in [0.2, 0.25) is 0 Å². The second kappa shape index (κ2) is 6.65. The number of aliphatic hydroxyl groups excluding tert-OH is 2. The maximum Gasteiger partial charge on any atom is 0.195 e. The summed E-state index contributed by atoms with van der Waals surface area (Å²) in [6, 6.07) is 11.0. The van der Waals surface area contributed by atoms with E-state index in [0.717, 1.165) is 27.9 Å². The predicted octanol–water partition coefficient (Wildman–Crippen LogP) is 2.78. The Balaban J connectivity index is 1.82. The first-order chi connectivity index (χ1) is 13.4. The van der Waals surface area contributed by atoms with Crippen molar-refractivity contribution < 1.29 is 24.5 Å². The van der Waals surface area contributed by atoms with Gasteiger partial charge >= 0.3 is 0 Å². The lowest BCUT2D eigenvalue weighted by atomic mass is 9.71. The Morgan fingerprint density at radius 3 is 2.61 bits per heavy atom. The molecule has 1 heterocycles. The number of methoxy groups -OCH3 is 1. The molecule has 1 aromatic heterocycles. The van der Waals surface area contributed by atoms with E-state index in [0.29, 0.717) is 16.9 Å². The quantitative estimate of drug-likeness (QED) is 0.632. The van der Waals surface area contributed by atoms with E-state index >= 15 is 0 Å². The molecular weight excluding hydrogens is 358 g/mol. The van der Waals surface area contributed by atoms with Crippen LogP contribution in [-0.2, 0) is 5.41 Å². The maximum atomic E-state index is 13.3. The van der Waals surface area contributed by atoms with Crippen molar-refractivity contribution in [2.75, 3.05) is 20.3 Å². The molecule has 4 rings (SSSR count). The summed E-state index contributed by atoms with van der Waals surface area (Å²) in [6.07, 6.45) is -0.944. The molecule has 0 amide bonds. The lowest BCUT2D eigenvalue weighted by Gasteiger charge is -2.32. The smallest absolute Gasteiger partial charge is 0.195 e. The van der Waals surface area contributed by atoms with E-state index in [1.54, 1.807) is 19.2 Å². The number of H-pyrrole nitrogens is 1. The van der Waals surface area contributed by atoms with Gasteiger partial charge in [-0.1, -0.05) is 13.8 Å². The summed E-state index contributed by atoms with van der Waals surface area (Å²) in [5, 5.41) is 19.3. The van der Waals surface area contributed by atoms with Crippen molar-refractivity contribution in [1.82, 2.24) is 4.98 Å². The van der Waals surface area contributed by atoms with E-state index in [9.17, 15) is 9.90 Å². The molecule has 146 valence electrons. The molecule has 6 nitrogen and oxygen atoms in total. The summed E-state index contributed by atoms with van der Waals surface area (Å²) in [5.41, 5.74) is 3.48. The van der Waals surface area contributed by atoms with E-state index < -0.39 is 11.5 Å². The van der Waals surface area contributed by atoms with Crippen molar-refractivity contribution in [2.45, 2.75) is 25.4 Å². The van der Waals surface area contributed by atoms with Crippen LogP contribution in [0.15, 0.2) is 36.4 Å². The number of benzene rings is 2. The van der Waals surface area contributed by atoms with Crippen molar-refractivity contribution in [3.05, 3.63) is 58.8 Å². The topological polar surface area (TPSA) is 91.8 Å². The van der Waals surface area contributed by atoms with Gasteiger partial charge in [-0.15, -0.1) is 0 Å². The maximum absolute atomic E-state index is 13.3. The standard InChI is InChI=1S/C22H23NO5/c1-22(2)17-8-14(28-11-12(25)10-24)5-6-15(17)20(26)19-16-7-4-13(27-3)9-18(16)23-21(19)22/h4-9,12,23-25H,10-11H2,1-3H3. The SMILES string of the molecule is COc1ccc2c3c([nH]c2c1)C(C)(C)c1cc(OCC(O)CO)ccc1C3=O. The fourth-order valence-corrected chi connectivity index (χ4v) is 3.85. The molecule has 0 spiro atoms. The molecule has 6 heteroatoms. The number of nitrogens with one attached hydrogen (secondary N) is 1. The number of fused-ring (bicyclic) bond motifs is 4. The van der Waals surface area contributed by atoms with Crippen LogP contribution in [0.1, 0.15) is 41.0 Å². The van der Waals surface area contributed by atoms with Gasteiger partial charge in [0.15, 0.2) is 5.78 Å². The van der Waals surface area contributed by atoms with E-state index in [1.807, 2.05) is 24.3 Å². The number of rotatable bonds is 5. The molecule has 0 aliphatic heterocycles. The number of ketones is 1. The highest BCUT2D eigenvalue weighted by molar-refractivity contribution is 6.20. The molecule has 0 fully saturated rings. The second-order valence-corrected chi connectivity index (χ2v) is 7.60. The largest absolute Gasteiger partial charge is 0.497 e. The van der Waals surface area contributed by atoms with Gasteiger partial charge in [0.25, 0.3) is 0 Å². The van der Waals surface area contributed by atoms with Crippen LogP contribution >= 0.6 is 0 Å². The van der Waals surface area contributed by atoms with Gasteiger partial charge in [0, 0.05) is 28.1 Å². The molecule has 1 aliphatic rings. The lowest BCUT2D eigenvalue weighted by molar-refractivity contribution is 0.0535. The Kier molecular flexibility index (Phi) is 4.40. The van der Waals surface area contributed by atoms with Gasteiger partial charge in [-0.3, -0.25) is 4.79 Å². The van der Waals surface area contributed by atoms with Crippen LogP contribution in [0.5, 0.6) is 11.5 Å². The minimum atomic E-state index is -0.944. The third-order valence-corrected chi connectivity index (χ3v) is 5.42. The van der Waals surface area contributed by atoms with Crippen LogP contribution in [-0.4, -0.2) is 47.4 Å². The predicted molar refractivity (Wildman–Crippen MR) is 105 cm³/mol. The number of carbonyl (C=O) groups excluding carboxylic acids is 1. The van der Waals surface area contributed by atoms with Crippen molar-refractivity contribution >= 4 is 16.7 Å². The zero-order valence-electron chi connectivity index (χ0n) is 16.1. The van der Waals surface area contributed by atoms with Gasteiger partial charge in [-0.2, -0.15) is 0 Å². The van der Waals surface area contributed by atoms with Crippen LogP contribution < -0.4 is 9.47 Å². The molecule has 28 heavy (non-hydrogen) atoms. The number of ether oxygens (including phenoxy) is 2. The number of hydrogen-bond donors (Lipinski definition) is 3. The molecule has 2 aromatic carbocycles. The van der Waals surface area contributed by atoms with Crippen LogP contribution in [0.3, 0.4) is 0 Å². The average molecular weight is 381 g/mol. The van der Waals surface area contributed by atoms with Gasteiger partial charge in [0.2, 0.25) is 0 Å². The molecule has 0 saturated heterocycles. The third kappa shape index (κ3) is 2.77. The molecule has 3 aromatic rings. The van der Waals surface area contributed by atoms with Crippen LogP contribution in [0.4, 0.5) is 0 Å². The van der Waals surface area contributed by atoms with Crippen LogP contribution in [0, 0.1) is 0 Å². The highest BCUT2D eigenvalue weighted by Gasteiger charge is 2.39. The monoisotopic (exact) mass is 381 g/mol. The van der Waals surface area contributed by atoms with E-state index in [-0.39, 0.29) is 19.0 Å². The summed E-state index contributed by atoms with van der Waals surface area (Å²) >= 11 is 0. The summed E-state index contributed by atoms with van der Waals surface area (Å²) < 4.78 is 10.9. The second-order valence-electron chi connectivity index (χ2n) is 7.60. The third-order valence-electron chi connectivity index (χ3n) is 5.42.